The van der Waals surface area contributed by atoms with E-state index >= 15 is 0 Å². The van der Waals surface area contributed by atoms with E-state index in [4.69, 9.17) is 4.42 Å². The van der Waals surface area contributed by atoms with Gasteiger partial charge in [0.15, 0.2) is 0 Å². The van der Waals surface area contributed by atoms with Crippen molar-refractivity contribution in [2.75, 3.05) is 31.1 Å². The third kappa shape index (κ3) is 3.20. The Balaban J connectivity index is 1.63. The van der Waals surface area contributed by atoms with Crippen LogP contribution in [0.25, 0.3) is 11.5 Å². The van der Waals surface area contributed by atoms with Crippen LogP contribution >= 0.6 is 0 Å². The highest BCUT2D eigenvalue weighted by atomic mass is 32.2. The van der Waals surface area contributed by atoms with Gasteiger partial charge in [-0.3, -0.25) is 0 Å². The number of para-hydroxylation sites is 1. The van der Waals surface area contributed by atoms with Gasteiger partial charge in [0.1, 0.15) is 4.90 Å². The van der Waals surface area contributed by atoms with Crippen molar-refractivity contribution >= 4 is 15.7 Å². The molecule has 4 rings (SSSR count). The summed E-state index contributed by atoms with van der Waals surface area (Å²) in [6, 6.07) is 10.0. The van der Waals surface area contributed by atoms with Crippen molar-refractivity contribution in [2.24, 2.45) is 0 Å². The summed E-state index contributed by atoms with van der Waals surface area (Å²) in [5.41, 5.74) is 2.84. The Bertz CT molecular complexity index is 1080. The van der Waals surface area contributed by atoms with Crippen LogP contribution in [0.4, 0.5) is 5.69 Å². The van der Waals surface area contributed by atoms with Gasteiger partial charge in [-0.2, -0.15) is 4.31 Å². The second kappa shape index (κ2) is 7.06. The Labute approximate surface area is 164 Å². The molecule has 8 nitrogen and oxygen atoms in total. The zero-order chi connectivity index (χ0) is 19.9. The number of sulfonamides is 1. The molecule has 0 spiro atoms. The molecular weight excluding hydrogens is 378 g/mol. The number of rotatable bonds is 4. The fraction of sp³-hybridized carbons (Fsp3) is 0.368. The average molecular weight is 401 g/mol. The number of aromatic amines is 1. The molecule has 1 aromatic carbocycles. The van der Waals surface area contributed by atoms with E-state index in [9.17, 15) is 8.42 Å². The van der Waals surface area contributed by atoms with Gasteiger partial charge in [0.25, 0.3) is 5.89 Å². The maximum Gasteiger partial charge on any atom is 0.250 e. The number of aryl methyl sites for hydroxylation is 3. The van der Waals surface area contributed by atoms with E-state index in [1.807, 2.05) is 37.3 Å². The summed E-state index contributed by atoms with van der Waals surface area (Å²) in [4.78, 5) is 5.54. The van der Waals surface area contributed by atoms with Gasteiger partial charge in [0.05, 0.1) is 5.56 Å². The number of piperazine rings is 1. The van der Waals surface area contributed by atoms with Gasteiger partial charge in [-0.05, 0) is 26.0 Å². The van der Waals surface area contributed by atoms with Crippen LogP contribution in [0.1, 0.15) is 17.3 Å². The molecule has 9 heteroatoms. The largest absolute Gasteiger partial charge is 0.421 e. The van der Waals surface area contributed by atoms with Gasteiger partial charge < -0.3 is 14.3 Å². The van der Waals surface area contributed by atoms with E-state index in [2.05, 4.69) is 20.1 Å². The molecule has 1 aliphatic rings. The van der Waals surface area contributed by atoms with E-state index in [1.165, 1.54) is 4.31 Å². The standard InChI is InChI=1S/C19H23N5O3S/c1-13-17(19-22-21-15(3)27-19)18(14(2)20-13)28(25,26)24-11-9-23(10-12-24)16-7-5-4-6-8-16/h4-8,20H,9-12H2,1-3H3. The summed E-state index contributed by atoms with van der Waals surface area (Å²) in [5.74, 6) is 0.619. The van der Waals surface area contributed by atoms with Gasteiger partial charge >= 0.3 is 0 Å². The molecule has 0 radical (unpaired) electrons. The lowest BCUT2D eigenvalue weighted by Gasteiger charge is -2.35. The number of nitrogens with one attached hydrogen (secondary N) is 1. The topological polar surface area (TPSA) is 95.3 Å². The first-order chi connectivity index (χ1) is 13.4. The third-order valence-electron chi connectivity index (χ3n) is 5.02. The highest BCUT2D eigenvalue weighted by molar-refractivity contribution is 7.89. The summed E-state index contributed by atoms with van der Waals surface area (Å²) in [6.45, 7) is 7.37. The van der Waals surface area contributed by atoms with E-state index in [-0.39, 0.29) is 10.8 Å². The van der Waals surface area contributed by atoms with E-state index in [0.29, 0.717) is 49.0 Å². The summed E-state index contributed by atoms with van der Waals surface area (Å²) in [7, 11) is -3.70. The van der Waals surface area contributed by atoms with E-state index < -0.39 is 10.0 Å². The number of aromatic nitrogens is 3. The molecule has 0 bridgehead atoms. The van der Waals surface area contributed by atoms with Gasteiger partial charge in [-0.25, -0.2) is 8.42 Å². The molecule has 0 unspecified atom stereocenters. The third-order valence-corrected chi connectivity index (χ3v) is 7.09. The first-order valence-corrected chi connectivity index (χ1v) is 10.6. The highest BCUT2D eigenvalue weighted by Crippen LogP contribution is 2.35. The van der Waals surface area contributed by atoms with Crippen molar-refractivity contribution < 1.29 is 12.8 Å². The number of hydrogen-bond acceptors (Lipinski definition) is 6. The van der Waals surface area contributed by atoms with E-state index in [1.54, 1.807) is 13.8 Å². The Kier molecular flexibility index (Phi) is 4.72. The van der Waals surface area contributed by atoms with Crippen LogP contribution in [-0.2, 0) is 10.0 Å². The molecule has 0 amide bonds. The predicted octanol–water partition coefficient (Wildman–Crippen LogP) is 2.50. The van der Waals surface area contributed by atoms with Gasteiger partial charge in [0.2, 0.25) is 15.9 Å². The molecular formula is C19H23N5O3S. The van der Waals surface area contributed by atoms with Crippen LogP contribution in [0, 0.1) is 20.8 Å². The Morgan fingerprint density at radius 2 is 1.64 bits per heavy atom. The van der Waals surface area contributed by atoms with Crippen LogP contribution in [0.15, 0.2) is 39.6 Å². The molecule has 1 saturated heterocycles. The zero-order valence-corrected chi connectivity index (χ0v) is 17.0. The lowest BCUT2D eigenvalue weighted by Crippen LogP contribution is -2.48. The van der Waals surface area contributed by atoms with E-state index in [0.717, 1.165) is 5.69 Å². The number of nitrogens with zero attached hydrogens (tertiary/aromatic N) is 4. The summed E-state index contributed by atoms with van der Waals surface area (Å²) in [6.07, 6.45) is 0. The molecule has 1 N–H and O–H groups in total. The lowest BCUT2D eigenvalue weighted by molar-refractivity contribution is 0.384. The first-order valence-electron chi connectivity index (χ1n) is 9.17. The zero-order valence-electron chi connectivity index (χ0n) is 16.1. The fourth-order valence-electron chi connectivity index (χ4n) is 3.69. The summed E-state index contributed by atoms with van der Waals surface area (Å²) < 4.78 is 34.0. The van der Waals surface area contributed by atoms with Crippen LogP contribution in [-0.4, -0.2) is 54.1 Å². The van der Waals surface area contributed by atoms with Crippen molar-refractivity contribution in [3.63, 3.8) is 0 Å². The van der Waals surface area contributed by atoms with Gasteiger partial charge in [-0.1, -0.05) is 18.2 Å². The smallest absolute Gasteiger partial charge is 0.250 e. The molecule has 0 saturated carbocycles. The molecule has 1 aliphatic heterocycles. The minimum absolute atomic E-state index is 0.223. The predicted molar refractivity (Wildman–Crippen MR) is 106 cm³/mol. The molecule has 3 heterocycles. The number of benzene rings is 1. The monoisotopic (exact) mass is 401 g/mol. The second-order valence-electron chi connectivity index (χ2n) is 6.93. The minimum atomic E-state index is -3.70. The Morgan fingerprint density at radius 1 is 0.964 bits per heavy atom. The van der Waals surface area contributed by atoms with Crippen molar-refractivity contribution in [3.8, 4) is 11.5 Å². The summed E-state index contributed by atoms with van der Waals surface area (Å²) in [5, 5.41) is 7.88. The van der Waals surface area contributed by atoms with Gasteiger partial charge in [-0.15, -0.1) is 10.2 Å². The lowest BCUT2D eigenvalue weighted by atomic mass is 10.2. The maximum absolute atomic E-state index is 13.5. The van der Waals surface area contributed by atoms with Crippen LogP contribution in [0.2, 0.25) is 0 Å². The summed E-state index contributed by atoms with van der Waals surface area (Å²) >= 11 is 0. The van der Waals surface area contributed by atoms with Gasteiger partial charge in [0, 0.05) is 50.2 Å². The Hall–Kier alpha value is -2.65. The maximum atomic E-state index is 13.5. The minimum Gasteiger partial charge on any atom is -0.421 e. The molecule has 2 aromatic heterocycles. The quantitative estimate of drug-likeness (QED) is 0.722. The molecule has 0 aliphatic carbocycles. The fourth-order valence-corrected chi connectivity index (χ4v) is 5.53. The first kappa shape index (κ1) is 18.7. The van der Waals surface area contributed by atoms with Crippen molar-refractivity contribution in [3.05, 3.63) is 47.6 Å². The molecule has 1 fully saturated rings. The van der Waals surface area contributed by atoms with Crippen LogP contribution in [0.3, 0.4) is 0 Å². The number of H-pyrrole nitrogens is 1. The highest BCUT2D eigenvalue weighted by Gasteiger charge is 2.35. The van der Waals surface area contributed by atoms with Crippen molar-refractivity contribution in [1.29, 1.82) is 0 Å². The molecule has 148 valence electrons. The SMILES string of the molecule is Cc1nnc(-c2c(C)[nH]c(C)c2S(=O)(=O)N2CCN(c3ccccc3)CC2)o1. The van der Waals surface area contributed by atoms with Crippen LogP contribution in [0.5, 0.6) is 0 Å². The number of anilines is 1. The molecule has 0 atom stereocenters. The molecule has 28 heavy (non-hydrogen) atoms. The number of hydrogen-bond donors (Lipinski definition) is 1. The average Bonchev–Trinajstić information content (AvgIpc) is 3.24. The second-order valence-corrected chi connectivity index (χ2v) is 8.81. The van der Waals surface area contributed by atoms with Crippen molar-refractivity contribution in [2.45, 2.75) is 25.7 Å². The normalized spacial score (nSPS) is 15.9. The molecule has 3 aromatic rings. The Morgan fingerprint density at radius 3 is 2.25 bits per heavy atom. The van der Waals surface area contributed by atoms with Crippen LogP contribution < -0.4 is 4.90 Å². The van der Waals surface area contributed by atoms with Crippen molar-refractivity contribution in [1.82, 2.24) is 19.5 Å².